The minimum atomic E-state index is -0.000814. The highest BCUT2D eigenvalue weighted by Crippen LogP contribution is 2.65. The Balaban J connectivity index is 1.38. The Morgan fingerprint density at radius 2 is 1.25 bits per heavy atom. The molecule has 36 heavy (non-hydrogen) atoms. The van der Waals surface area contributed by atoms with E-state index in [0.717, 1.165) is 61.2 Å². The third-order valence-corrected chi connectivity index (χ3v) is 9.84. The number of epoxide rings is 3. The first-order chi connectivity index (χ1) is 17.4. The molecule has 4 bridgehead atoms. The van der Waals surface area contributed by atoms with E-state index in [1.165, 1.54) is 49.7 Å². The summed E-state index contributed by atoms with van der Waals surface area (Å²) in [7, 11) is 0. The molecule has 0 aromatic heterocycles. The zero-order valence-corrected chi connectivity index (χ0v) is 22.2. The summed E-state index contributed by atoms with van der Waals surface area (Å²) in [4.78, 5) is 0. The standard InChI is InChI=1S/C30H42O6/c1-4-29(2,3)24-8-25(34-15-21-12-31-21)27(35-16-22-13-32-22)28(36-17-23-14-33-23)26(24)30-9-18-5-19(10-30)7-20(6-18)11-30/h8,18-23H,4-7,9-17H2,1-3H3. The van der Waals surface area contributed by atoms with E-state index >= 15 is 0 Å². The maximum Gasteiger partial charge on any atom is 0.204 e. The van der Waals surface area contributed by atoms with Crippen LogP contribution in [-0.4, -0.2) is 58.0 Å². The molecule has 6 nitrogen and oxygen atoms in total. The van der Waals surface area contributed by atoms with Crippen molar-refractivity contribution in [3.05, 3.63) is 17.2 Å². The molecule has 6 heteroatoms. The van der Waals surface area contributed by atoms with Crippen molar-refractivity contribution in [1.82, 2.24) is 0 Å². The van der Waals surface area contributed by atoms with E-state index in [1.54, 1.807) is 0 Å². The van der Waals surface area contributed by atoms with Gasteiger partial charge in [0.1, 0.15) is 38.1 Å². The minimum Gasteiger partial charge on any atom is -0.487 e. The molecule has 0 spiro atoms. The zero-order chi connectivity index (χ0) is 24.5. The highest BCUT2D eigenvalue weighted by molar-refractivity contribution is 5.63. The van der Waals surface area contributed by atoms with Gasteiger partial charge in [-0.3, -0.25) is 0 Å². The van der Waals surface area contributed by atoms with Gasteiger partial charge in [0, 0.05) is 11.0 Å². The lowest BCUT2D eigenvalue weighted by Gasteiger charge is -2.58. The predicted octanol–water partition coefficient (Wildman–Crippen LogP) is 5.17. The third kappa shape index (κ3) is 4.52. The fraction of sp³-hybridized carbons (Fsp3) is 0.800. The quantitative estimate of drug-likeness (QED) is 0.370. The van der Waals surface area contributed by atoms with Gasteiger partial charge >= 0.3 is 0 Å². The molecule has 3 heterocycles. The molecular formula is C30H42O6. The Labute approximate surface area is 215 Å². The third-order valence-electron chi connectivity index (χ3n) is 9.84. The van der Waals surface area contributed by atoms with E-state index in [9.17, 15) is 0 Å². The first-order valence-electron chi connectivity index (χ1n) is 14.4. The molecule has 0 radical (unpaired) electrons. The average Bonchev–Trinajstić information content (AvgIpc) is 3.69. The van der Waals surface area contributed by atoms with E-state index in [2.05, 4.69) is 26.8 Å². The van der Waals surface area contributed by atoms with Crippen molar-refractivity contribution in [3.8, 4) is 17.2 Å². The van der Waals surface area contributed by atoms with Crippen molar-refractivity contribution >= 4 is 0 Å². The van der Waals surface area contributed by atoms with Crippen LogP contribution in [0.5, 0.6) is 17.2 Å². The van der Waals surface area contributed by atoms with Crippen LogP contribution in [0.1, 0.15) is 76.8 Å². The molecule has 3 atom stereocenters. The van der Waals surface area contributed by atoms with Crippen molar-refractivity contribution in [2.45, 2.75) is 94.9 Å². The Morgan fingerprint density at radius 3 is 1.72 bits per heavy atom. The lowest BCUT2D eigenvalue weighted by atomic mass is 9.47. The van der Waals surface area contributed by atoms with Crippen LogP contribution in [0.3, 0.4) is 0 Å². The maximum atomic E-state index is 6.78. The topological polar surface area (TPSA) is 65.3 Å². The molecule has 3 unspecified atom stereocenters. The van der Waals surface area contributed by atoms with Crippen molar-refractivity contribution < 1.29 is 28.4 Å². The van der Waals surface area contributed by atoms with Crippen LogP contribution in [0, 0.1) is 17.8 Å². The van der Waals surface area contributed by atoms with Gasteiger partial charge in [0.15, 0.2) is 11.5 Å². The van der Waals surface area contributed by atoms with Crippen LogP contribution in [0.4, 0.5) is 0 Å². The minimum absolute atomic E-state index is 0.000814. The molecule has 8 rings (SSSR count). The molecule has 0 amide bonds. The summed E-state index contributed by atoms with van der Waals surface area (Å²) in [6.07, 6.45) is 9.68. The number of hydrogen-bond acceptors (Lipinski definition) is 6. The Kier molecular flexibility index (Phi) is 5.75. The number of rotatable bonds is 12. The first-order valence-corrected chi connectivity index (χ1v) is 14.4. The van der Waals surface area contributed by atoms with Crippen LogP contribution >= 0.6 is 0 Å². The normalized spacial score (nSPS) is 37.6. The molecule has 0 N–H and O–H groups in total. The lowest BCUT2D eigenvalue weighted by molar-refractivity contribution is -0.00756. The molecule has 1 aromatic rings. The SMILES string of the molecule is CCC(C)(C)c1cc(OCC2CO2)c(OCC2CO2)c(OCC2CO2)c1C12CC3CC(CC(C3)C1)C2. The summed E-state index contributed by atoms with van der Waals surface area (Å²) < 4.78 is 36.3. The number of hydrogen-bond donors (Lipinski definition) is 0. The van der Waals surface area contributed by atoms with Gasteiger partial charge in [0.05, 0.1) is 19.8 Å². The van der Waals surface area contributed by atoms with Crippen LogP contribution in [-0.2, 0) is 25.0 Å². The number of ether oxygens (including phenoxy) is 6. The summed E-state index contributed by atoms with van der Waals surface area (Å²) in [5.74, 6) is 5.04. The fourth-order valence-electron chi connectivity index (χ4n) is 7.69. The lowest BCUT2D eigenvalue weighted by Crippen LogP contribution is -2.49. The second-order valence-electron chi connectivity index (χ2n) is 13.2. The summed E-state index contributed by atoms with van der Waals surface area (Å²) in [6, 6.07) is 2.31. The monoisotopic (exact) mass is 498 g/mol. The highest BCUT2D eigenvalue weighted by Gasteiger charge is 2.54. The van der Waals surface area contributed by atoms with E-state index < -0.39 is 0 Å². The molecular weight excluding hydrogens is 456 g/mol. The van der Waals surface area contributed by atoms with Crippen molar-refractivity contribution in [1.29, 1.82) is 0 Å². The van der Waals surface area contributed by atoms with Gasteiger partial charge in [0.25, 0.3) is 0 Å². The largest absolute Gasteiger partial charge is 0.487 e. The molecule has 4 saturated carbocycles. The van der Waals surface area contributed by atoms with Gasteiger partial charge in [-0.25, -0.2) is 0 Å². The van der Waals surface area contributed by atoms with Crippen LogP contribution in [0.2, 0.25) is 0 Å². The summed E-state index contributed by atoms with van der Waals surface area (Å²) in [5.41, 5.74) is 2.98. The van der Waals surface area contributed by atoms with Gasteiger partial charge in [-0.1, -0.05) is 20.8 Å². The van der Waals surface area contributed by atoms with E-state index in [4.69, 9.17) is 28.4 Å². The second kappa shape index (κ2) is 8.78. The molecule has 1 aromatic carbocycles. The van der Waals surface area contributed by atoms with Gasteiger partial charge in [0.2, 0.25) is 5.75 Å². The van der Waals surface area contributed by atoms with Crippen molar-refractivity contribution in [2.75, 3.05) is 39.6 Å². The Morgan fingerprint density at radius 1 is 0.778 bits per heavy atom. The van der Waals surface area contributed by atoms with Crippen molar-refractivity contribution in [2.24, 2.45) is 17.8 Å². The Hall–Kier alpha value is -1.50. The van der Waals surface area contributed by atoms with Crippen molar-refractivity contribution in [3.63, 3.8) is 0 Å². The smallest absolute Gasteiger partial charge is 0.204 e. The molecule has 7 aliphatic rings. The van der Waals surface area contributed by atoms with Gasteiger partial charge in [-0.2, -0.15) is 0 Å². The highest BCUT2D eigenvalue weighted by atomic mass is 16.6. The van der Waals surface area contributed by atoms with E-state index in [0.29, 0.717) is 19.8 Å². The van der Waals surface area contributed by atoms with E-state index in [1.807, 2.05) is 0 Å². The van der Waals surface area contributed by atoms with Crippen LogP contribution in [0.15, 0.2) is 6.07 Å². The predicted molar refractivity (Wildman–Crippen MR) is 135 cm³/mol. The fourth-order valence-corrected chi connectivity index (χ4v) is 7.69. The van der Waals surface area contributed by atoms with Crippen LogP contribution < -0.4 is 14.2 Å². The number of benzene rings is 1. The van der Waals surface area contributed by atoms with Gasteiger partial charge in [-0.05, 0) is 79.7 Å². The zero-order valence-electron chi connectivity index (χ0n) is 22.2. The molecule has 3 aliphatic heterocycles. The van der Waals surface area contributed by atoms with Crippen LogP contribution in [0.25, 0.3) is 0 Å². The average molecular weight is 499 g/mol. The maximum absolute atomic E-state index is 6.78. The summed E-state index contributed by atoms with van der Waals surface area (Å²) in [6.45, 7) is 11.0. The van der Waals surface area contributed by atoms with Gasteiger partial charge < -0.3 is 28.4 Å². The molecule has 3 saturated heterocycles. The van der Waals surface area contributed by atoms with E-state index in [-0.39, 0.29) is 29.1 Å². The summed E-state index contributed by atoms with van der Waals surface area (Å²) in [5, 5.41) is 0. The second-order valence-corrected chi connectivity index (χ2v) is 13.2. The molecule has 198 valence electrons. The Bertz CT molecular complexity index is 954. The van der Waals surface area contributed by atoms with Gasteiger partial charge in [-0.15, -0.1) is 0 Å². The molecule has 4 aliphatic carbocycles. The summed E-state index contributed by atoms with van der Waals surface area (Å²) >= 11 is 0. The molecule has 7 fully saturated rings. The first kappa shape index (κ1) is 23.6.